The zero-order valence-corrected chi connectivity index (χ0v) is 25.2. The van der Waals surface area contributed by atoms with Gasteiger partial charge in [0.2, 0.25) is 0 Å². The third-order valence-electron chi connectivity index (χ3n) is 7.45. The Morgan fingerprint density at radius 2 is 0.976 bits per heavy atom. The maximum Gasteiger partial charge on any atom is 0.143 e. The molecule has 0 amide bonds. The summed E-state index contributed by atoms with van der Waals surface area (Å²) in [7, 11) is 3.35. The van der Waals surface area contributed by atoms with E-state index in [2.05, 4.69) is 60.7 Å². The van der Waals surface area contributed by atoms with E-state index in [0.29, 0.717) is 16.7 Å². The molecule has 5 rings (SSSR count). The molecule has 0 aliphatic heterocycles. The summed E-state index contributed by atoms with van der Waals surface area (Å²) in [6, 6.07) is 42.6. The second kappa shape index (κ2) is 13.9. The number of ether oxygens (including phenoxy) is 3. The van der Waals surface area contributed by atoms with E-state index in [1.165, 1.54) is 5.92 Å². The van der Waals surface area contributed by atoms with E-state index in [-0.39, 0.29) is 0 Å². The molecule has 1 radical (unpaired) electrons. The van der Waals surface area contributed by atoms with Crippen LogP contribution in [0.2, 0.25) is 10.0 Å². The van der Waals surface area contributed by atoms with Crippen LogP contribution >= 0.6 is 23.2 Å². The molecule has 213 valence electrons. The fourth-order valence-corrected chi connectivity index (χ4v) is 5.56. The van der Waals surface area contributed by atoms with Gasteiger partial charge < -0.3 is 14.2 Å². The minimum Gasteiger partial charge on any atom is -0.497 e. The lowest BCUT2D eigenvalue weighted by atomic mass is 9.80. The zero-order chi connectivity index (χ0) is 29.4. The minimum absolute atomic E-state index is 0.512. The van der Waals surface area contributed by atoms with Crippen LogP contribution in [0.5, 0.6) is 11.5 Å². The molecule has 0 unspecified atom stereocenters. The molecule has 5 aromatic carbocycles. The monoisotopic (exact) mass is 595 g/mol. The van der Waals surface area contributed by atoms with Crippen LogP contribution in [0.1, 0.15) is 40.7 Å². The molecule has 0 aromatic heterocycles. The molecule has 0 saturated heterocycles. The van der Waals surface area contributed by atoms with Crippen LogP contribution in [-0.2, 0) is 10.3 Å². The van der Waals surface area contributed by atoms with Crippen molar-refractivity contribution in [2.75, 3.05) is 20.8 Å². The highest BCUT2D eigenvalue weighted by atomic mass is 35.5. The van der Waals surface area contributed by atoms with Crippen molar-refractivity contribution in [3.63, 3.8) is 0 Å². The van der Waals surface area contributed by atoms with Crippen LogP contribution in [0.3, 0.4) is 0 Å². The molecule has 5 heteroatoms. The van der Waals surface area contributed by atoms with E-state index in [4.69, 9.17) is 37.4 Å². The Hall–Kier alpha value is -3.76. The molecule has 0 fully saturated rings. The van der Waals surface area contributed by atoms with Crippen LogP contribution in [0.4, 0.5) is 0 Å². The van der Waals surface area contributed by atoms with E-state index in [0.717, 1.165) is 52.2 Å². The molecule has 0 spiro atoms. The van der Waals surface area contributed by atoms with Gasteiger partial charge >= 0.3 is 0 Å². The third-order valence-corrected chi connectivity index (χ3v) is 7.95. The quantitative estimate of drug-likeness (QED) is 0.106. The summed E-state index contributed by atoms with van der Waals surface area (Å²) < 4.78 is 18.0. The summed E-state index contributed by atoms with van der Waals surface area (Å²) >= 11 is 12.4. The first kappa shape index (κ1) is 29.7. The van der Waals surface area contributed by atoms with Gasteiger partial charge in [-0.2, -0.15) is 0 Å². The summed E-state index contributed by atoms with van der Waals surface area (Å²) in [5.41, 5.74) is 4.47. The Morgan fingerprint density at radius 1 is 0.548 bits per heavy atom. The van der Waals surface area contributed by atoms with Gasteiger partial charge in [-0.1, -0.05) is 102 Å². The molecule has 0 bridgehead atoms. The first-order valence-corrected chi connectivity index (χ1v) is 14.7. The smallest absolute Gasteiger partial charge is 0.143 e. The molecule has 42 heavy (non-hydrogen) atoms. The molecule has 0 atom stereocenters. The molecule has 5 aromatic rings. The van der Waals surface area contributed by atoms with Gasteiger partial charge in [0, 0.05) is 22.6 Å². The second-order valence-corrected chi connectivity index (χ2v) is 10.8. The molecular formula is C37H33Cl2O3. The Kier molecular flexibility index (Phi) is 9.86. The van der Waals surface area contributed by atoms with Crippen molar-refractivity contribution >= 4 is 23.2 Å². The summed E-state index contributed by atoms with van der Waals surface area (Å²) in [6.07, 6.45) is 1.60. The van der Waals surface area contributed by atoms with Crippen LogP contribution in [0.15, 0.2) is 127 Å². The van der Waals surface area contributed by atoms with Crippen molar-refractivity contribution < 1.29 is 14.2 Å². The van der Waals surface area contributed by atoms with Crippen LogP contribution in [0.25, 0.3) is 0 Å². The number of benzene rings is 5. The van der Waals surface area contributed by atoms with Crippen molar-refractivity contribution in [2.24, 2.45) is 0 Å². The average molecular weight is 597 g/mol. The van der Waals surface area contributed by atoms with Gasteiger partial charge in [-0.05, 0) is 89.2 Å². The Bertz CT molecular complexity index is 1440. The van der Waals surface area contributed by atoms with Crippen molar-refractivity contribution in [2.45, 2.75) is 18.4 Å². The topological polar surface area (TPSA) is 27.7 Å². The SMILES string of the molecule is COc1ccc(C(OCCC[C](c2ccc(Cl)cc2)c2ccc(Cl)cc2)(c2ccccc2)c2ccc(OC)cc2)cc1. The van der Waals surface area contributed by atoms with Crippen LogP contribution in [0, 0.1) is 5.92 Å². The summed E-state index contributed by atoms with van der Waals surface area (Å²) in [4.78, 5) is 0. The zero-order valence-electron chi connectivity index (χ0n) is 23.7. The lowest BCUT2D eigenvalue weighted by molar-refractivity contribution is 0.0113. The van der Waals surface area contributed by atoms with Crippen molar-refractivity contribution in [1.29, 1.82) is 0 Å². The van der Waals surface area contributed by atoms with Crippen molar-refractivity contribution in [3.05, 3.63) is 171 Å². The predicted octanol–water partition coefficient (Wildman–Crippen LogP) is 9.77. The van der Waals surface area contributed by atoms with Gasteiger partial charge in [0.15, 0.2) is 0 Å². The van der Waals surface area contributed by atoms with Gasteiger partial charge in [-0.25, -0.2) is 0 Å². The van der Waals surface area contributed by atoms with Crippen molar-refractivity contribution in [1.82, 2.24) is 0 Å². The number of rotatable bonds is 12. The fraction of sp³-hybridized carbons (Fsp3) is 0.162. The lowest BCUT2D eigenvalue weighted by Crippen LogP contribution is -2.33. The normalized spacial score (nSPS) is 11.5. The van der Waals surface area contributed by atoms with Crippen molar-refractivity contribution in [3.8, 4) is 11.5 Å². The van der Waals surface area contributed by atoms with E-state index < -0.39 is 5.60 Å². The Balaban J connectivity index is 1.49. The van der Waals surface area contributed by atoms with Gasteiger partial charge in [0.1, 0.15) is 17.1 Å². The maximum absolute atomic E-state index is 7.06. The van der Waals surface area contributed by atoms with Gasteiger partial charge in [-0.15, -0.1) is 0 Å². The summed E-state index contributed by atoms with van der Waals surface area (Å²) in [5.74, 6) is 2.80. The Morgan fingerprint density at radius 3 is 1.40 bits per heavy atom. The molecule has 0 aliphatic carbocycles. The Labute approximate surface area is 258 Å². The maximum atomic E-state index is 7.06. The van der Waals surface area contributed by atoms with Crippen LogP contribution < -0.4 is 9.47 Å². The fourth-order valence-electron chi connectivity index (χ4n) is 5.31. The molecule has 0 saturated carbocycles. The number of hydrogen-bond acceptors (Lipinski definition) is 3. The van der Waals surface area contributed by atoms with E-state index in [9.17, 15) is 0 Å². The first-order chi connectivity index (χ1) is 20.5. The van der Waals surface area contributed by atoms with E-state index in [1.54, 1.807) is 14.2 Å². The van der Waals surface area contributed by atoms with E-state index >= 15 is 0 Å². The predicted molar refractivity (Wildman–Crippen MR) is 172 cm³/mol. The molecule has 0 N–H and O–H groups in total. The summed E-state index contributed by atoms with van der Waals surface area (Å²) in [5, 5.41) is 1.42. The van der Waals surface area contributed by atoms with Gasteiger partial charge in [0.25, 0.3) is 0 Å². The second-order valence-electron chi connectivity index (χ2n) is 9.95. The first-order valence-electron chi connectivity index (χ1n) is 13.9. The largest absolute Gasteiger partial charge is 0.497 e. The molecule has 0 aliphatic rings. The molecular weight excluding hydrogens is 563 g/mol. The molecule has 0 heterocycles. The number of methoxy groups -OCH3 is 2. The highest BCUT2D eigenvalue weighted by molar-refractivity contribution is 6.30. The summed E-state index contributed by atoms with van der Waals surface area (Å²) in [6.45, 7) is 0.512. The highest BCUT2D eigenvalue weighted by Gasteiger charge is 2.37. The van der Waals surface area contributed by atoms with Gasteiger partial charge in [-0.3, -0.25) is 0 Å². The van der Waals surface area contributed by atoms with Gasteiger partial charge in [0.05, 0.1) is 14.2 Å². The highest BCUT2D eigenvalue weighted by Crippen LogP contribution is 2.42. The third kappa shape index (κ3) is 6.65. The average Bonchev–Trinajstić information content (AvgIpc) is 3.05. The molecule has 3 nitrogen and oxygen atoms in total. The number of halogens is 2. The van der Waals surface area contributed by atoms with E-state index in [1.807, 2.05) is 66.7 Å². The minimum atomic E-state index is -0.847. The number of hydrogen-bond donors (Lipinski definition) is 0. The lowest BCUT2D eigenvalue weighted by Gasteiger charge is -2.36. The van der Waals surface area contributed by atoms with Crippen LogP contribution in [-0.4, -0.2) is 20.8 Å². The standard InChI is InChI=1S/C37H33Cl2O3/c1-40-34-22-14-30(15-23-34)37(29-7-4-3-5-8-29,31-16-24-35(41-2)25-17-31)42-26-6-9-36(27-10-18-32(38)19-11-27)28-12-20-33(39)21-13-28/h3-5,7-8,10-25H,6,9,26H2,1-2H3.